The molecule has 142 valence electrons. The van der Waals surface area contributed by atoms with Gasteiger partial charge in [-0.2, -0.15) is 0 Å². The van der Waals surface area contributed by atoms with Crippen molar-refractivity contribution in [2.24, 2.45) is 0 Å². The quantitative estimate of drug-likeness (QED) is 0.740. The SMILES string of the molecule is CC1(C)OC[C@H](C(=O)[C@@H](OC(=O)c2ccccc2)[C@H]2COC(C)(C)O2)O1. The van der Waals surface area contributed by atoms with Gasteiger partial charge in [0.25, 0.3) is 0 Å². The summed E-state index contributed by atoms with van der Waals surface area (Å²) >= 11 is 0. The molecule has 0 aromatic heterocycles. The summed E-state index contributed by atoms with van der Waals surface area (Å²) in [5.74, 6) is -2.71. The zero-order valence-electron chi connectivity index (χ0n) is 15.4. The van der Waals surface area contributed by atoms with Crippen LogP contribution >= 0.6 is 0 Å². The van der Waals surface area contributed by atoms with Crippen LogP contribution in [-0.2, 0) is 28.5 Å². The van der Waals surface area contributed by atoms with E-state index in [1.54, 1.807) is 58.0 Å². The molecule has 2 heterocycles. The van der Waals surface area contributed by atoms with E-state index in [4.69, 9.17) is 23.7 Å². The number of hydrogen-bond donors (Lipinski definition) is 0. The average Bonchev–Trinajstić information content (AvgIpc) is 3.14. The van der Waals surface area contributed by atoms with Crippen LogP contribution in [0.1, 0.15) is 38.1 Å². The standard InChI is InChI=1S/C19H24O7/c1-18(2)22-10-13(25-18)15(20)16(14-11-23-19(3,4)26-14)24-17(21)12-8-6-5-7-9-12/h5-9,13-14,16H,10-11H2,1-4H3/t13-,14-,16+/m1/s1. The van der Waals surface area contributed by atoms with E-state index in [0.29, 0.717) is 5.56 Å². The second-order valence-electron chi connectivity index (χ2n) is 7.28. The van der Waals surface area contributed by atoms with E-state index < -0.39 is 41.6 Å². The van der Waals surface area contributed by atoms with Gasteiger partial charge in [-0.1, -0.05) is 18.2 Å². The Morgan fingerprint density at radius 3 is 2.15 bits per heavy atom. The number of ether oxygens (including phenoxy) is 5. The Hall–Kier alpha value is -1.80. The van der Waals surface area contributed by atoms with Crippen molar-refractivity contribution in [2.75, 3.05) is 13.2 Å². The topological polar surface area (TPSA) is 80.3 Å². The first-order chi connectivity index (χ1) is 12.2. The van der Waals surface area contributed by atoms with Crippen LogP contribution in [0.4, 0.5) is 0 Å². The predicted octanol–water partition coefficient (Wildman–Crippen LogP) is 2.08. The molecule has 1 aromatic carbocycles. The molecular formula is C19H24O7. The van der Waals surface area contributed by atoms with E-state index in [9.17, 15) is 9.59 Å². The number of esters is 1. The Kier molecular flexibility index (Phi) is 5.16. The number of Topliss-reactive ketones (excluding diaryl/α,β-unsaturated/α-hetero) is 1. The molecule has 0 aliphatic carbocycles. The van der Waals surface area contributed by atoms with Crippen molar-refractivity contribution in [2.45, 2.75) is 57.6 Å². The molecule has 0 amide bonds. The Labute approximate surface area is 152 Å². The van der Waals surface area contributed by atoms with Gasteiger partial charge >= 0.3 is 5.97 Å². The smallest absolute Gasteiger partial charge is 0.338 e. The average molecular weight is 364 g/mol. The van der Waals surface area contributed by atoms with Gasteiger partial charge in [-0.05, 0) is 39.8 Å². The van der Waals surface area contributed by atoms with Crippen LogP contribution < -0.4 is 0 Å². The minimum absolute atomic E-state index is 0.0994. The molecule has 0 spiro atoms. The molecule has 3 rings (SSSR count). The van der Waals surface area contributed by atoms with Gasteiger partial charge in [0, 0.05) is 0 Å². The van der Waals surface area contributed by atoms with Crippen molar-refractivity contribution in [3.8, 4) is 0 Å². The normalized spacial score (nSPS) is 27.8. The molecule has 7 nitrogen and oxygen atoms in total. The molecule has 2 saturated heterocycles. The third-order valence-corrected chi connectivity index (χ3v) is 4.22. The first kappa shape index (κ1) is 19.0. The maximum atomic E-state index is 13.0. The van der Waals surface area contributed by atoms with Gasteiger partial charge in [0.15, 0.2) is 17.7 Å². The molecule has 1 aromatic rings. The second kappa shape index (κ2) is 7.08. The molecule has 7 heteroatoms. The largest absolute Gasteiger partial charge is 0.448 e. The van der Waals surface area contributed by atoms with E-state index in [1.165, 1.54) is 0 Å². The summed E-state index contributed by atoms with van der Waals surface area (Å²) in [6.45, 7) is 7.18. The van der Waals surface area contributed by atoms with E-state index in [1.807, 2.05) is 0 Å². The lowest BCUT2D eigenvalue weighted by Gasteiger charge is -2.25. The van der Waals surface area contributed by atoms with Crippen LogP contribution in [0.3, 0.4) is 0 Å². The van der Waals surface area contributed by atoms with Gasteiger partial charge in [-0.3, -0.25) is 4.79 Å². The van der Waals surface area contributed by atoms with Crippen LogP contribution in [0.5, 0.6) is 0 Å². The van der Waals surface area contributed by atoms with E-state index in [2.05, 4.69) is 0 Å². The fourth-order valence-corrected chi connectivity index (χ4v) is 2.95. The van der Waals surface area contributed by atoms with E-state index in [0.717, 1.165) is 0 Å². The van der Waals surface area contributed by atoms with Gasteiger partial charge in [-0.25, -0.2) is 4.79 Å². The summed E-state index contributed by atoms with van der Waals surface area (Å²) < 4.78 is 27.9. The Bertz CT molecular complexity index is 668. The molecule has 0 bridgehead atoms. The summed E-state index contributed by atoms with van der Waals surface area (Å²) in [5.41, 5.74) is 0.354. The van der Waals surface area contributed by atoms with Crippen molar-refractivity contribution in [3.05, 3.63) is 35.9 Å². The number of carbonyl (C=O) groups is 2. The van der Waals surface area contributed by atoms with Crippen LogP contribution in [0, 0.1) is 0 Å². The van der Waals surface area contributed by atoms with Gasteiger partial charge in [0.2, 0.25) is 5.78 Å². The minimum Gasteiger partial charge on any atom is -0.448 e. The summed E-state index contributed by atoms with van der Waals surface area (Å²) in [7, 11) is 0. The first-order valence-electron chi connectivity index (χ1n) is 8.60. The molecule has 2 fully saturated rings. The summed E-state index contributed by atoms with van der Waals surface area (Å²) in [6.07, 6.45) is -2.68. The predicted molar refractivity (Wildman–Crippen MR) is 90.5 cm³/mol. The second-order valence-corrected chi connectivity index (χ2v) is 7.28. The van der Waals surface area contributed by atoms with Gasteiger partial charge in [0.05, 0.1) is 18.8 Å². The van der Waals surface area contributed by atoms with Crippen LogP contribution in [-0.4, -0.2) is 54.9 Å². The van der Waals surface area contributed by atoms with Gasteiger partial charge in [0.1, 0.15) is 12.2 Å². The Morgan fingerprint density at radius 2 is 1.62 bits per heavy atom. The molecular weight excluding hydrogens is 340 g/mol. The highest BCUT2D eigenvalue weighted by atomic mass is 16.8. The molecule has 0 N–H and O–H groups in total. The van der Waals surface area contributed by atoms with Crippen molar-refractivity contribution in [1.29, 1.82) is 0 Å². The lowest BCUT2D eigenvalue weighted by atomic mass is 10.1. The van der Waals surface area contributed by atoms with Crippen LogP contribution in [0.2, 0.25) is 0 Å². The number of benzene rings is 1. The lowest BCUT2D eigenvalue weighted by molar-refractivity contribution is -0.170. The summed E-state index contributed by atoms with van der Waals surface area (Å²) in [4.78, 5) is 25.5. The number of carbonyl (C=O) groups excluding carboxylic acids is 2. The maximum absolute atomic E-state index is 13.0. The van der Waals surface area contributed by atoms with E-state index >= 15 is 0 Å². The first-order valence-corrected chi connectivity index (χ1v) is 8.60. The van der Waals surface area contributed by atoms with Crippen molar-refractivity contribution < 1.29 is 33.3 Å². The summed E-state index contributed by atoms with van der Waals surface area (Å²) in [5, 5.41) is 0. The monoisotopic (exact) mass is 364 g/mol. The van der Waals surface area contributed by atoms with Crippen molar-refractivity contribution >= 4 is 11.8 Å². The van der Waals surface area contributed by atoms with Crippen molar-refractivity contribution in [1.82, 2.24) is 0 Å². The Balaban J connectivity index is 1.78. The Morgan fingerprint density at radius 1 is 1.00 bits per heavy atom. The number of rotatable bonds is 5. The van der Waals surface area contributed by atoms with Crippen molar-refractivity contribution in [3.63, 3.8) is 0 Å². The van der Waals surface area contributed by atoms with Crippen LogP contribution in [0.25, 0.3) is 0 Å². The third kappa shape index (κ3) is 4.29. The third-order valence-electron chi connectivity index (χ3n) is 4.22. The van der Waals surface area contributed by atoms with Crippen LogP contribution in [0.15, 0.2) is 30.3 Å². The summed E-state index contributed by atoms with van der Waals surface area (Å²) in [6, 6.07) is 8.49. The number of hydrogen-bond acceptors (Lipinski definition) is 7. The molecule has 2 aliphatic rings. The lowest BCUT2D eigenvalue weighted by Crippen LogP contribution is -2.46. The fourth-order valence-electron chi connectivity index (χ4n) is 2.95. The molecule has 2 aliphatic heterocycles. The highest BCUT2D eigenvalue weighted by molar-refractivity contribution is 5.94. The molecule has 3 atom stereocenters. The number of ketones is 1. The molecule has 26 heavy (non-hydrogen) atoms. The zero-order chi connectivity index (χ0) is 18.9. The highest BCUT2D eigenvalue weighted by Crippen LogP contribution is 2.29. The van der Waals surface area contributed by atoms with Gasteiger partial charge in [-0.15, -0.1) is 0 Å². The molecule has 0 radical (unpaired) electrons. The zero-order valence-corrected chi connectivity index (χ0v) is 15.4. The van der Waals surface area contributed by atoms with E-state index in [-0.39, 0.29) is 13.2 Å². The molecule has 0 unspecified atom stereocenters. The van der Waals surface area contributed by atoms with Gasteiger partial charge < -0.3 is 23.7 Å². The maximum Gasteiger partial charge on any atom is 0.338 e. The minimum atomic E-state index is -1.15. The molecule has 0 saturated carbocycles. The highest BCUT2D eigenvalue weighted by Gasteiger charge is 2.47. The fraction of sp³-hybridized carbons (Fsp3) is 0.579.